The van der Waals surface area contributed by atoms with E-state index in [9.17, 15) is 0 Å². The highest BCUT2D eigenvalue weighted by Crippen LogP contribution is 2.43. The Balaban J connectivity index is 1.64. The SMILES string of the molecule is CN1CCCCC1/C=C/C1c2ccccc2OC2C=CC=CC21. The lowest BCUT2D eigenvalue weighted by Gasteiger charge is -2.37. The largest absolute Gasteiger partial charge is 0.485 e. The van der Waals surface area contributed by atoms with Gasteiger partial charge in [-0.3, -0.25) is 4.90 Å². The number of hydrogen-bond donors (Lipinski definition) is 0. The van der Waals surface area contributed by atoms with E-state index in [0.717, 1.165) is 5.75 Å². The molecule has 2 heterocycles. The summed E-state index contributed by atoms with van der Waals surface area (Å²) in [6, 6.07) is 9.10. The Kier molecular flexibility index (Phi) is 4.09. The topological polar surface area (TPSA) is 12.5 Å². The normalized spacial score (nSPS) is 33.3. The van der Waals surface area contributed by atoms with E-state index in [1.54, 1.807) is 0 Å². The molecule has 23 heavy (non-hydrogen) atoms. The summed E-state index contributed by atoms with van der Waals surface area (Å²) in [4.78, 5) is 2.49. The van der Waals surface area contributed by atoms with Gasteiger partial charge < -0.3 is 4.74 Å². The number of nitrogens with zero attached hydrogens (tertiary/aromatic N) is 1. The standard InChI is InChI=1S/C21H25NO/c1-22-15-7-6-8-16(22)13-14-17-18-9-2-4-11-20(18)23-21-12-5-3-10-19(17)21/h2-5,9-14,16-18,20H,6-8,15H2,1H3/b14-13+. The molecule has 1 aromatic carbocycles. The minimum atomic E-state index is 0.161. The Labute approximate surface area is 139 Å². The lowest BCUT2D eigenvalue weighted by molar-refractivity contribution is 0.167. The van der Waals surface area contributed by atoms with Crippen LogP contribution < -0.4 is 4.74 Å². The molecule has 0 amide bonds. The van der Waals surface area contributed by atoms with Crippen molar-refractivity contribution in [3.8, 4) is 5.75 Å². The third kappa shape index (κ3) is 2.88. The van der Waals surface area contributed by atoms with E-state index in [-0.39, 0.29) is 6.10 Å². The zero-order valence-corrected chi connectivity index (χ0v) is 13.8. The van der Waals surface area contributed by atoms with Gasteiger partial charge in [0, 0.05) is 23.4 Å². The monoisotopic (exact) mass is 307 g/mol. The number of likely N-dealkylation sites (tertiary alicyclic amines) is 1. The van der Waals surface area contributed by atoms with Crippen LogP contribution in [0.3, 0.4) is 0 Å². The molecule has 1 fully saturated rings. The third-order valence-electron chi connectivity index (χ3n) is 5.45. The molecule has 0 saturated carbocycles. The molecule has 1 aromatic rings. The molecule has 1 saturated heterocycles. The molecule has 0 radical (unpaired) electrons. The van der Waals surface area contributed by atoms with E-state index in [2.05, 4.69) is 72.7 Å². The van der Waals surface area contributed by atoms with Crippen LogP contribution in [0.1, 0.15) is 30.7 Å². The van der Waals surface area contributed by atoms with Crippen molar-refractivity contribution in [1.82, 2.24) is 4.90 Å². The van der Waals surface area contributed by atoms with E-state index in [4.69, 9.17) is 4.74 Å². The van der Waals surface area contributed by atoms with Gasteiger partial charge in [-0.05, 0) is 38.6 Å². The number of allylic oxidation sites excluding steroid dienone is 3. The summed E-state index contributed by atoms with van der Waals surface area (Å²) in [5.41, 5.74) is 1.32. The molecule has 3 aliphatic rings. The molecule has 1 aliphatic carbocycles. The number of rotatable bonds is 2. The van der Waals surface area contributed by atoms with Crippen molar-refractivity contribution in [2.75, 3.05) is 13.6 Å². The van der Waals surface area contributed by atoms with Crippen LogP contribution in [0.25, 0.3) is 0 Å². The molecule has 0 spiro atoms. The minimum absolute atomic E-state index is 0.161. The molecule has 0 bridgehead atoms. The average molecular weight is 307 g/mol. The molecule has 4 rings (SSSR count). The molecule has 0 aromatic heterocycles. The summed E-state index contributed by atoms with van der Waals surface area (Å²) >= 11 is 0. The first-order valence-corrected chi connectivity index (χ1v) is 8.82. The third-order valence-corrected chi connectivity index (χ3v) is 5.45. The summed E-state index contributed by atoms with van der Waals surface area (Å²) in [7, 11) is 2.25. The van der Waals surface area contributed by atoms with Gasteiger partial charge in [-0.25, -0.2) is 0 Å². The second-order valence-corrected chi connectivity index (χ2v) is 6.92. The summed E-state index contributed by atoms with van der Waals surface area (Å²) < 4.78 is 6.20. The average Bonchev–Trinajstić information content (AvgIpc) is 2.60. The van der Waals surface area contributed by atoms with Gasteiger partial charge in [-0.2, -0.15) is 0 Å². The van der Waals surface area contributed by atoms with Gasteiger partial charge in [0.2, 0.25) is 0 Å². The quantitative estimate of drug-likeness (QED) is 0.755. The van der Waals surface area contributed by atoms with E-state index < -0.39 is 0 Å². The predicted octanol–water partition coefficient (Wildman–Crippen LogP) is 4.31. The number of para-hydroxylation sites is 1. The second-order valence-electron chi connectivity index (χ2n) is 6.92. The van der Waals surface area contributed by atoms with Gasteiger partial charge in [0.05, 0.1) is 0 Å². The van der Waals surface area contributed by atoms with Gasteiger partial charge in [0.25, 0.3) is 0 Å². The fourth-order valence-electron chi connectivity index (χ4n) is 4.09. The number of ether oxygens (including phenoxy) is 1. The first kappa shape index (κ1) is 14.8. The van der Waals surface area contributed by atoms with Crippen LogP contribution in [-0.2, 0) is 0 Å². The van der Waals surface area contributed by atoms with Crippen LogP contribution in [0.5, 0.6) is 5.75 Å². The van der Waals surface area contributed by atoms with Crippen molar-refractivity contribution in [2.24, 2.45) is 5.92 Å². The Morgan fingerprint density at radius 3 is 2.87 bits per heavy atom. The van der Waals surface area contributed by atoms with Gasteiger partial charge in [-0.15, -0.1) is 0 Å². The molecule has 4 atom stereocenters. The zero-order valence-electron chi connectivity index (χ0n) is 13.8. The van der Waals surface area contributed by atoms with Crippen LogP contribution in [0.4, 0.5) is 0 Å². The first-order valence-electron chi connectivity index (χ1n) is 8.82. The Hall–Kier alpha value is -1.80. The number of fused-ring (bicyclic) bond motifs is 2. The van der Waals surface area contributed by atoms with Crippen molar-refractivity contribution >= 4 is 0 Å². The highest BCUT2D eigenvalue weighted by atomic mass is 16.5. The van der Waals surface area contributed by atoms with Crippen molar-refractivity contribution in [1.29, 1.82) is 0 Å². The molecule has 2 aliphatic heterocycles. The van der Waals surface area contributed by atoms with Gasteiger partial charge in [0.1, 0.15) is 11.9 Å². The van der Waals surface area contributed by atoms with E-state index in [1.807, 2.05) is 0 Å². The lowest BCUT2D eigenvalue weighted by atomic mass is 9.77. The summed E-state index contributed by atoms with van der Waals surface area (Å²) in [5, 5.41) is 0. The minimum Gasteiger partial charge on any atom is -0.485 e. The maximum Gasteiger partial charge on any atom is 0.124 e. The van der Waals surface area contributed by atoms with Gasteiger partial charge in [0.15, 0.2) is 0 Å². The first-order chi connectivity index (χ1) is 11.3. The lowest BCUT2D eigenvalue weighted by Crippen LogP contribution is -2.36. The van der Waals surface area contributed by atoms with Crippen molar-refractivity contribution in [3.63, 3.8) is 0 Å². The number of benzene rings is 1. The highest BCUT2D eigenvalue weighted by molar-refractivity contribution is 5.44. The Morgan fingerprint density at radius 2 is 1.96 bits per heavy atom. The van der Waals surface area contributed by atoms with Crippen molar-refractivity contribution < 1.29 is 4.74 Å². The molecular formula is C21H25NO. The molecule has 4 unspecified atom stereocenters. The maximum atomic E-state index is 6.20. The van der Waals surface area contributed by atoms with Gasteiger partial charge in [-0.1, -0.05) is 55.0 Å². The van der Waals surface area contributed by atoms with Crippen LogP contribution in [0.15, 0.2) is 60.7 Å². The fourth-order valence-corrected chi connectivity index (χ4v) is 4.09. The van der Waals surface area contributed by atoms with Gasteiger partial charge >= 0.3 is 0 Å². The molecular weight excluding hydrogens is 282 g/mol. The summed E-state index contributed by atoms with van der Waals surface area (Å²) in [6.45, 7) is 1.22. The van der Waals surface area contributed by atoms with Crippen molar-refractivity contribution in [3.05, 3.63) is 66.3 Å². The van der Waals surface area contributed by atoms with Crippen LogP contribution in [0.2, 0.25) is 0 Å². The molecule has 2 heteroatoms. The number of hydrogen-bond acceptors (Lipinski definition) is 2. The molecule has 120 valence electrons. The highest BCUT2D eigenvalue weighted by Gasteiger charge is 2.35. The Morgan fingerprint density at radius 1 is 1.09 bits per heavy atom. The number of likely N-dealkylation sites (N-methyl/N-ethyl adjacent to an activating group) is 1. The smallest absolute Gasteiger partial charge is 0.124 e. The van der Waals surface area contributed by atoms with Crippen LogP contribution in [-0.4, -0.2) is 30.6 Å². The molecule has 0 N–H and O–H groups in total. The fraction of sp³-hybridized carbons (Fsp3) is 0.429. The summed E-state index contributed by atoms with van der Waals surface area (Å²) in [5.74, 6) is 1.85. The van der Waals surface area contributed by atoms with Crippen LogP contribution in [0, 0.1) is 5.92 Å². The van der Waals surface area contributed by atoms with Crippen LogP contribution >= 0.6 is 0 Å². The van der Waals surface area contributed by atoms with E-state index >= 15 is 0 Å². The molecule has 2 nitrogen and oxygen atoms in total. The maximum absolute atomic E-state index is 6.20. The van der Waals surface area contributed by atoms with Crippen molar-refractivity contribution in [2.45, 2.75) is 37.3 Å². The predicted molar refractivity (Wildman–Crippen MR) is 94.8 cm³/mol. The van der Waals surface area contributed by atoms with E-state index in [0.29, 0.717) is 17.9 Å². The van der Waals surface area contributed by atoms with E-state index in [1.165, 1.54) is 31.4 Å². The second kappa shape index (κ2) is 6.37. The number of piperidine rings is 1. The summed E-state index contributed by atoms with van der Waals surface area (Å²) in [6.07, 6.45) is 17.8. The Bertz CT molecular complexity index is 645. The zero-order chi connectivity index (χ0) is 15.6.